The van der Waals surface area contributed by atoms with Gasteiger partial charge >= 0.3 is 0 Å². The number of nitriles is 1. The molecule has 4 nitrogen and oxygen atoms in total. The van der Waals surface area contributed by atoms with Crippen LogP contribution in [-0.2, 0) is 5.41 Å². The molecule has 0 saturated carbocycles. The zero-order valence-electron chi connectivity index (χ0n) is 9.01. The molecular formula is C12H12N2O2. The monoisotopic (exact) mass is 216 g/mol. The number of allylic oxidation sites excluding steroid dienone is 1. The van der Waals surface area contributed by atoms with E-state index in [0.29, 0.717) is 6.42 Å². The van der Waals surface area contributed by atoms with Gasteiger partial charge < -0.3 is 0 Å². The molecule has 0 aliphatic heterocycles. The minimum Gasteiger partial charge on any atom is -0.258 e. The lowest BCUT2D eigenvalue weighted by molar-refractivity contribution is -0.384. The number of hydrogen-bond acceptors (Lipinski definition) is 3. The summed E-state index contributed by atoms with van der Waals surface area (Å²) in [6.07, 6.45) is 2.19. The molecule has 4 heteroatoms. The number of nitrogens with zero attached hydrogens (tertiary/aromatic N) is 2. The number of benzene rings is 1. The maximum atomic E-state index is 10.5. The Kier molecular flexibility index (Phi) is 3.41. The summed E-state index contributed by atoms with van der Waals surface area (Å²) >= 11 is 0. The van der Waals surface area contributed by atoms with Gasteiger partial charge in [0, 0.05) is 12.1 Å². The SMILES string of the molecule is C=CCC(C)(C#N)c1ccc([N+](=O)[O-])cc1. The van der Waals surface area contributed by atoms with E-state index in [-0.39, 0.29) is 5.69 Å². The van der Waals surface area contributed by atoms with Gasteiger partial charge in [0.05, 0.1) is 16.4 Å². The highest BCUT2D eigenvalue weighted by atomic mass is 16.6. The van der Waals surface area contributed by atoms with Gasteiger partial charge in [-0.2, -0.15) is 5.26 Å². The molecule has 0 radical (unpaired) electrons. The number of hydrogen-bond donors (Lipinski definition) is 0. The molecule has 1 aromatic rings. The van der Waals surface area contributed by atoms with Crippen molar-refractivity contribution in [3.8, 4) is 6.07 Å². The normalized spacial score (nSPS) is 13.5. The van der Waals surface area contributed by atoms with Crippen LogP contribution in [0.15, 0.2) is 36.9 Å². The van der Waals surface area contributed by atoms with Gasteiger partial charge in [-0.25, -0.2) is 0 Å². The molecule has 0 bridgehead atoms. The van der Waals surface area contributed by atoms with Crippen LogP contribution in [0.4, 0.5) is 5.69 Å². The molecule has 1 atom stereocenters. The van der Waals surface area contributed by atoms with Crippen LogP contribution in [-0.4, -0.2) is 4.92 Å². The Labute approximate surface area is 94.0 Å². The second-order valence-corrected chi connectivity index (χ2v) is 3.74. The Morgan fingerprint density at radius 1 is 1.56 bits per heavy atom. The van der Waals surface area contributed by atoms with Crippen molar-refractivity contribution in [3.05, 3.63) is 52.6 Å². The molecule has 0 amide bonds. The molecule has 1 unspecified atom stereocenters. The highest BCUT2D eigenvalue weighted by Gasteiger charge is 2.25. The Bertz CT molecular complexity index is 445. The summed E-state index contributed by atoms with van der Waals surface area (Å²) in [6, 6.07) is 8.26. The zero-order chi connectivity index (χ0) is 12.2. The van der Waals surface area contributed by atoms with Gasteiger partial charge in [0.1, 0.15) is 0 Å². The lowest BCUT2D eigenvalue weighted by atomic mass is 9.81. The maximum Gasteiger partial charge on any atom is 0.269 e. The predicted octanol–water partition coefficient (Wildman–Crippen LogP) is 2.95. The first kappa shape index (κ1) is 11.9. The van der Waals surface area contributed by atoms with Crippen LogP contribution in [0.5, 0.6) is 0 Å². The number of rotatable bonds is 4. The fraction of sp³-hybridized carbons (Fsp3) is 0.250. The average Bonchev–Trinajstić information content (AvgIpc) is 2.29. The first-order valence-electron chi connectivity index (χ1n) is 4.80. The molecule has 82 valence electrons. The van der Waals surface area contributed by atoms with Gasteiger partial charge in [-0.15, -0.1) is 6.58 Å². The molecule has 1 rings (SSSR count). The third-order valence-corrected chi connectivity index (χ3v) is 2.51. The van der Waals surface area contributed by atoms with Crippen molar-refractivity contribution < 1.29 is 4.92 Å². The number of non-ortho nitro benzene ring substituents is 1. The third kappa shape index (κ3) is 2.26. The van der Waals surface area contributed by atoms with Crippen molar-refractivity contribution in [1.29, 1.82) is 5.26 Å². The van der Waals surface area contributed by atoms with E-state index in [1.54, 1.807) is 25.1 Å². The van der Waals surface area contributed by atoms with Crippen molar-refractivity contribution in [2.24, 2.45) is 0 Å². The smallest absolute Gasteiger partial charge is 0.258 e. The van der Waals surface area contributed by atoms with Crippen molar-refractivity contribution in [1.82, 2.24) is 0 Å². The molecule has 0 heterocycles. The summed E-state index contributed by atoms with van der Waals surface area (Å²) in [7, 11) is 0. The van der Waals surface area contributed by atoms with E-state index in [1.165, 1.54) is 12.1 Å². The van der Waals surface area contributed by atoms with Crippen molar-refractivity contribution >= 4 is 5.69 Å². The molecule has 0 fully saturated rings. The van der Waals surface area contributed by atoms with Gasteiger partial charge in [0.2, 0.25) is 0 Å². The summed E-state index contributed by atoms with van der Waals surface area (Å²) in [5.41, 5.74) is 0.125. The van der Waals surface area contributed by atoms with Gasteiger partial charge in [-0.1, -0.05) is 18.2 Å². The van der Waals surface area contributed by atoms with Gasteiger partial charge in [-0.3, -0.25) is 10.1 Å². The van der Waals surface area contributed by atoms with Crippen LogP contribution in [0.3, 0.4) is 0 Å². The molecule has 0 aromatic heterocycles. The fourth-order valence-corrected chi connectivity index (χ4v) is 1.47. The summed E-state index contributed by atoms with van der Waals surface area (Å²) in [6.45, 7) is 5.39. The molecule has 0 aliphatic rings. The largest absolute Gasteiger partial charge is 0.269 e. The van der Waals surface area contributed by atoms with Crippen LogP contribution in [0.25, 0.3) is 0 Å². The first-order valence-corrected chi connectivity index (χ1v) is 4.80. The number of nitro groups is 1. The van der Waals surface area contributed by atoms with Crippen LogP contribution < -0.4 is 0 Å². The maximum absolute atomic E-state index is 10.5. The minimum atomic E-state index is -0.670. The summed E-state index contributed by atoms with van der Waals surface area (Å²) in [5, 5.41) is 19.6. The molecule has 0 saturated heterocycles. The van der Waals surface area contributed by atoms with Gasteiger partial charge in [0.25, 0.3) is 5.69 Å². The molecule has 0 spiro atoms. The van der Waals surface area contributed by atoms with Gasteiger partial charge in [-0.05, 0) is 18.9 Å². The van der Waals surface area contributed by atoms with Crippen LogP contribution in [0, 0.1) is 21.4 Å². The molecule has 1 aromatic carbocycles. The van der Waals surface area contributed by atoms with Crippen molar-refractivity contribution in [2.45, 2.75) is 18.8 Å². The van der Waals surface area contributed by atoms with E-state index >= 15 is 0 Å². The predicted molar refractivity (Wildman–Crippen MR) is 60.9 cm³/mol. The Hall–Kier alpha value is -2.15. The average molecular weight is 216 g/mol. The van der Waals surface area contributed by atoms with Crippen molar-refractivity contribution in [2.75, 3.05) is 0 Å². The van der Waals surface area contributed by atoms with E-state index in [0.717, 1.165) is 5.56 Å². The Morgan fingerprint density at radius 3 is 2.50 bits per heavy atom. The van der Waals surface area contributed by atoms with E-state index in [9.17, 15) is 10.1 Å². The number of nitro benzene ring substituents is 1. The summed E-state index contributed by atoms with van der Waals surface area (Å²) in [5.74, 6) is 0. The van der Waals surface area contributed by atoms with E-state index in [2.05, 4.69) is 12.6 Å². The van der Waals surface area contributed by atoms with Crippen LogP contribution in [0.2, 0.25) is 0 Å². The highest BCUT2D eigenvalue weighted by Crippen LogP contribution is 2.28. The quantitative estimate of drug-likeness (QED) is 0.441. The van der Waals surface area contributed by atoms with Crippen LogP contribution >= 0.6 is 0 Å². The van der Waals surface area contributed by atoms with E-state index in [1.807, 2.05) is 0 Å². The third-order valence-electron chi connectivity index (χ3n) is 2.51. The molecule has 16 heavy (non-hydrogen) atoms. The summed E-state index contributed by atoms with van der Waals surface area (Å²) in [4.78, 5) is 10.0. The zero-order valence-corrected chi connectivity index (χ0v) is 9.01. The lowest BCUT2D eigenvalue weighted by Gasteiger charge is -2.19. The topological polar surface area (TPSA) is 66.9 Å². The second kappa shape index (κ2) is 4.58. The van der Waals surface area contributed by atoms with Gasteiger partial charge in [0.15, 0.2) is 0 Å². The molecule has 0 aliphatic carbocycles. The summed E-state index contributed by atoms with van der Waals surface area (Å²) < 4.78 is 0. The highest BCUT2D eigenvalue weighted by molar-refractivity contribution is 5.39. The molecule has 0 N–H and O–H groups in total. The second-order valence-electron chi connectivity index (χ2n) is 3.74. The van der Waals surface area contributed by atoms with Crippen molar-refractivity contribution in [3.63, 3.8) is 0 Å². The Morgan fingerprint density at radius 2 is 2.12 bits per heavy atom. The fourth-order valence-electron chi connectivity index (χ4n) is 1.47. The Balaban J connectivity index is 3.09. The first-order chi connectivity index (χ1) is 7.53. The van der Waals surface area contributed by atoms with Crippen LogP contribution in [0.1, 0.15) is 18.9 Å². The minimum absolute atomic E-state index is 0.0302. The van der Waals surface area contributed by atoms with E-state index in [4.69, 9.17) is 5.26 Å². The standard InChI is InChI=1S/C12H12N2O2/c1-3-8-12(2,9-13)10-4-6-11(7-5-10)14(15)16/h3-7H,1,8H2,2H3. The lowest BCUT2D eigenvalue weighted by Crippen LogP contribution is -2.18. The van der Waals surface area contributed by atoms with E-state index < -0.39 is 10.3 Å². The molecular weight excluding hydrogens is 204 g/mol.